The molecule has 3 heterocycles. The fraction of sp³-hybridized carbons (Fsp3) is 0.247. The first kappa shape index (κ1) is 67.7. The number of nitriles is 3. The SMILES string of the molecule is C=CCNC(=O)Nc1cccc(-c2c(C#N)c3ccc(OC)cc3n2Cc2ccccc2)c1.CC(C)OC(=O)Nc1ccc(-c2c(C#N)c3ccc(OC(F)F)cc3n2C2CCC2)cc1.CCCn1c(-c2ccc(NS(=O)(=O)C3CC3)cc2)c(C#N)c2ccc(OC(F)F)cc21. The van der Waals surface area contributed by atoms with Gasteiger partial charge in [-0.15, -0.1) is 6.58 Å². The number of benzene rings is 7. The van der Waals surface area contributed by atoms with Crippen molar-refractivity contribution in [2.24, 2.45) is 0 Å². The summed E-state index contributed by atoms with van der Waals surface area (Å²) < 4.78 is 104. The van der Waals surface area contributed by atoms with Gasteiger partial charge in [0.2, 0.25) is 10.0 Å². The van der Waals surface area contributed by atoms with E-state index in [0.29, 0.717) is 93.7 Å². The number of hydrogen-bond acceptors (Lipinski definition) is 11. The molecule has 0 aliphatic heterocycles. The Balaban J connectivity index is 0.000000157. The number of urea groups is 1. The number of alkyl halides is 4. The number of halogens is 4. The number of aryl methyl sites for hydroxylation is 1. The van der Waals surface area contributed by atoms with Gasteiger partial charge in [0.1, 0.15) is 35.5 Å². The molecule has 2 saturated carbocycles. The van der Waals surface area contributed by atoms with Crippen LogP contribution in [0.4, 0.5) is 44.2 Å². The van der Waals surface area contributed by atoms with Crippen molar-refractivity contribution in [3.05, 3.63) is 193 Å². The summed E-state index contributed by atoms with van der Waals surface area (Å²) in [5.41, 5.74) is 11.0. The average Bonchev–Trinajstić information content (AvgIpc) is 1.61. The number of sulfonamides is 1. The van der Waals surface area contributed by atoms with E-state index in [4.69, 9.17) is 9.47 Å². The summed E-state index contributed by atoms with van der Waals surface area (Å²) in [6, 6.07) is 53.3. The molecular weight excluding hydrogens is 1250 g/mol. The fourth-order valence-electron chi connectivity index (χ4n) is 11.5. The quantitative estimate of drug-likeness (QED) is 0.0390. The van der Waals surface area contributed by atoms with Crippen LogP contribution in [0, 0.1) is 34.0 Å². The first-order valence-electron chi connectivity index (χ1n) is 31.0. The maximum Gasteiger partial charge on any atom is 0.411 e. The molecule has 18 nitrogen and oxygen atoms in total. The molecule has 4 N–H and O–H groups in total. The van der Waals surface area contributed by atoms with Gasteiger partial charge in [-0.1, -0.05) is 79.7 Å². The van der Waals surface area contributed by atoms with Crippen LogP contribution < -0.4 is 34.9 Å². The van der Waals surface area contributed by atoms with Gasteiger partial charge in [-0.05, 0) is 142 Å². The minimum absolute atomic E-state index is 0.0261. The van der Waals surface area contributed by atoms with E-state index in [1.54, 1.807) is 81.6 Å². The van der Waals surface area contributed by atoms with Crippen LogP contribution in [0.5, 0.6) is 17.2 Å². The highest BCUT2D eigenvalue weighted by Crippen LogP contribution is 2.45. The molecule has 2 fully saturated rings. The Bertz CT molecular complexity index is 4740. The van der Waals surface area contributed by atoms with E-state index in [0.717, 1.165) is 76.0 Å². The minimum Gasteiger partial charge on any atom is -0.497 e. The van der Waals surface area contributed by atoms with Crippen LogP contribution in [0.3, 0.4) is 0 Å². The summed E-state index contributed by atoms with van der Waals surface area (Å²) >= 11 is 0. The van der Waals surface area contributed by atoms with E-state index in [-0.39, 0.29) is 34.9 Å². The molecule has 0 bridgehead atoms. The van der Waals surface area contributed by atoms with E-state index < -0.39 is 29.3 Å². The van der Waals surface area contributed by atoms with Gasteiger partial charge in [-0.2, -0.15) is 33.3 Å². The Kier molecular flexibility index (Phi) is 21.3. The maximum absolute atomic E-state index is 12.8. The molecular formula is C73H68F4N10O8S. The zero-order valence-electron chi connectivity index (χ0n) is 52.9. The molecule has 3 amide bonds. The van der Waals surface area contributed by atoms with Crippen molar-refractivity contribution in [2.75, 3.05) is 29.0 Å². The number of rotatable bonds is 21. The highest BCUT2D eigenvalue weighted by molar-refractivity contribution is 7.93. The summed E-state index contributed by atoms with van der Waals surface area (Å²) in [6.45, 7) is 4.79. The molecule has 12 rings (SSSR count). The molecule has 0 radical (unpaired) electrons. The summed E-state index contributed by atoms with van der Waals surface area (Å²) in [7, 11) is -1.74. The van der Waals surface area contributed by atoms with Gasteiger partial charge in [-0.3, -0.25) is 10.0 Å². The van der Waals surface area contributed by atoms with Gasteiger partial charge in [0.25, 0.3) is 0 Å². The number of fused-ring (bicyclic) bond motifs is 3. The van der Waals surface area contributed by atoms with Crippen LogP contribution in [0.15, 0.2) is 170 Å². The van der Waals surface area contributed by atoms with Gasteiger partial charge in [0.05, 0.1) is 68.8 Å². The number of hydrogen-bond donors (Lipinski definition) is 4. The Hall–Kier alpha value is -11.2. The molecule has 0 atom stereocenters. The lowest BCUT2D eigenvalue weighted by Crippen LogP contribution is -2.28. The zero-order chi connectivity index (χ0) is 68.2. The molecule has 0 spiro atoms. The van der Waals surface area contributed by atoms with Gasteiger partial charge in [0.15, 0.2) is 0 Å². The Morgan fingerprint density at radius 3 is 1.71 bits per heavy atom. The van der Waals surface area contributed by atoms with E-state index in [1.807, 2.05) is 84.3 Å². The lowest BCUT2D eigenvalue weighted by molar-refractivity contribution is -0.0504. The van der Waals surface area contributed by atoms with Gasteiger partial charge in [0, 0.05) is 82.7 Å². The molecule has 96 heavy (non-hydrogen) atoms. The number of nitrogens with one attached hydrogen (secondary N) is 4. The zero-order valence-corrected chi connectivity index (χ0v) is 53.7. The summed E-state index contributed by atoms with van der Waals surface area (Å²) in [5, 5.41) is 40.0. The van der Waals surface area contributed by atoms with Crippen molar-refractivity contribution in [1.82, 2.24) is 19.0 Å². The van der Waals surface area contributed by atoms with E-state index in [9.17, 15) is 51.4 Å². The van der Waals surface area contributed by atoms with Crippen LogP contribution in [-0.4, -0.2) is 72.5 Å². The first-order valence-corrected chi connectivity index (χ1v) is 32.5. The predicted octanol–water partition coefficient (Wildman–Crippen LogP) is 17.1. The van der Waals surface area contributed by atoms with E-state index in [2.05, 4.69) is 76.2 Å². The van der Waals surface area contributed by atoms with Crippen LogP contribution >= 0.6 is 0 Å². The minimum atomic E-state index is -3.37. The molecule has 492 valence electrons. The third kappa shape index (κ3) is 15.5. The van der Waals surface area contributed by atoms with Crippen LogP contribution in [0.1, 0.15) is 87.6 Å². The molecule has 2 aliphatic carbocycles. The van der Waals surface area contributed by atoms with E-state index in [1.165, 1.54) is 18.2 Å². The van der Waals surface area contributed by atoms with Gasteiger partial charge < -0.3 is 43.3 Å². The lowest BCUT2D eigenvalue weighted by Gasteiger charge is -2.30. The number of aromatic nitrogens is 3. The molecule has 7 aromatic carbocycles. The topological polar surface area (TPSA) is 239 Å². The van der Waals surface area contributed by atoms with Crippen molar-refractivity contribution < 1.29 is 54.5 Å². The largest absolute Gasteiger partial charge is 0.497 e. The highest BCUT2D eigenvalue weighted by Gasteiger charge is 2.36. The van der Waals surface area contributed by atoms with Crippen LogP contribution in [0.2, 0.25) is 0 Å². The Labute approximate surface area is 552 Å². The second-order valence-corrected chi connectivity index (χ2v) is 24.9. The Morgan fingerprint density at radius 1 is 0.625 bits per heavy atom. The molecule has 0 unspecified atom stereocenters. The number of nitrogens with zero attached hydrogens (tertiary/aromatic N) is 6. The standard InChI is InChI=1S/C27H24N4O2.C24H23F2N3O3.C22H21F2N3O3S/c1-3-14-29-27(32)30-21-11-7-10-20(15-21)26-24(17-28)23-13-12-22(33-2)16-25(23)31(26)18-19-8-5-4-6-9-19;1-14(2)31-24(30)28-16-8-6-15(7-9-16)22-20(13-27)19-11-10-18(32-23(25)26)12-21(19)29(22)17-4-3-5-17;1-2-11-27-20-12-16(30-22(23)24)7-10-18(20)19(13-25)21(27)14-3-5-15(6-4-14)26-31(28,29)17-8-9-17/h3-13,15-16H,1,14,18H2,2H3,(H2,29,30,32);6-12,14,17,23H,3-5H2,1-2H3,(H,28,30);3-7,10,12,17,22,26H,2,8-9,11H2,1H3. The second kappa shape index (κ2) is 30.2. The normalized spacial score (nSPS) is 12.7. The molecule has 10 aromatic rings. The van der Waals surface area contributed by atoms with Crippen LogP contribution in [-0.2, 0) is 27.8 Å². The summed E-state index contributed by atoms with van der Waals surface area (Å²) in [6.07, 6.45) is 5.92. The summed E-state index contributed by atoms with van der Waals surface area (Å²) in [5.74, 6) is 0.808. The third-order valence-corrected chi connectivity index (χ3v) is 17.9. The monoisotopic (exact) mass is 1320 g/mol. The first-order chi connectivity index (χ1) is 46.3. The number of methoxy groups -OCH3 is 1. The van der Waals surface area contributed by atoms with Crippen molar-refractivity contribution in [3.63, 3.8) is 0 Å². The van der Waals surface area contributed by atoms with Crippen LogP contribution in [0.25, 0.3) is 66.5 Å². The van der Waals surface area contributed by atoms with Crippen molar-refractivity contribution in [1.29, 1.82) is 15.8 Å². The van der Waals surface area contributed by atoms with Crippen molar-refractivity contribution in [3.8, 4) is 69.2 Å². The number of anilines is 3. The maximum atomic E-state index is 12.8. The predicted molar refractivity (Wildman–Crippen MR) is 363 cm³/mol. The summed E-state index contributed by atoms with van der Waals surface area (Å²) in [4.78, 5) is 24.0. The average molecular weight is 1320 g/mol. The number of amides is 3. The molecule has 3 aromatic heterocycles. The van der Waals surface area contributed by atoms with E-state index >= 15 is 0 Å². The molecule has 2 aliphatic rings. The number of carbonyl (C=O) groups excluding carboxylic acids is 2. The van der Waals surface area contributed by atoms with Gasteiger partial charge in [-0.25, -0.2) is 18.0 Å². The number of carbonyl (C=O) groups is 2. The van der Waals surface area contributed by atoms with Crippen molar-refractivity contribution in [2.45, 2.75) is 103 Å². The number of ether oxygens (including phenoxy) is 4. The second-order valence-electron chi connectivity index (χ2n) is 23.0. The molecule has 0 saturated heterocycles. The highest BCUT2D eigenvalue weighted by atomic mass is 32.2. The smallest absolute Gasteiger partial charge is 0.411 e. The third-order valence-electron chi connectivity index (χ3n) is 16.1. The van der Waals surface area contributed by atoms with Crippen molar-refractivity contribution >= 4 is 71.9 Å². The Morgan fingerprint density at radius 2 is 1.17 bits per heavy atom. The lowest BCUT2D eigenvalue weighted by atomic mass is 9.92. The fourth-order valence-corrected chi connectivity index (χ4v) is 12.9. The molecule has 23 heteroatoms. The van der Waals surface area contributed by atoms with Gasteiger partial charge >= 0.3 is 25.3 Å².